The number of ether oxygens (including phenoxy) is 8. The molecule has 0 radical (unpaired) electrons. The second-order valence-electron chi connectivity index (χ2n) is 32.8. The Morgan fingerprint density at radius 3 is 1.03 bits per heavy atom. The van der Waals surface area contributed by atoms with Crippen molar-refractivity contribution < 1.29 is 122 Å². The van der Waals surface area contributed by atoms with Gasteiger partial charge in [0.1, 0.15) is 92.6 Å². The number of hydrogen-bond donors (Lipinski definition) is 10. The van der Waals surface area contributed by atoms with Crippen LogP contribution in [0.15, 0.2) is 48.6 Å². The molecule has 0 spiro atoms. The third kappa shape index (κ3) is 50.1. The maximum atomic E-state index is 14.9. The minimum atomic E-state index is -5.81. The minimum Gasteiger partial charge on any atom is -0.463 e. The molecule has 0 aromatic carbocycles. The van der Waals surface area contributed by atoms with E-state index in [4.69, 9.17) is 46.9 Å². The Morgan fingerprint density at radius 1 is 0.333 bits per heavy atom. The fourth-order valence-electron chi connectivity index (χ4n) is 14.8. The van der Waals surface area contributed by atoms with Gasteiger partial charge in [-0.25, -0.2) is 4.57 Å². The number of carbonyl (C=O) groups is 4. The molecule has 3 rings (SSSR count). The summed E-state index contributed by atoms with van der Waals surface area (Å²) >= 11 is 0. The largest absolute Gasteiger partial charge is 0.472 e. The molecule has 0 aromatic rings. The molecule has 1 saturated carbocycles. The van der Waals surface area contributed by atoms with Crippen molar-refractivity contribution in [3.63, 3.8) is 0 Å². The molecule has 2 aliphatic heterocycles. The molecule has 0 amide bonds. The molecule has 1 aliphatic carbocycles. The quantitative estimate of drug-likeness (QED) is 0.00889. The molecule has 25 nitrogen and oxygen atoms in total. The predicted molar refractivity (Wildman–Crippen MR) is 453 cm³/mol. The molecule has 18 unspecified atom stereocenters. The van der Waals surface area contributed by atoms with Gasteiger partial charge in [-0.3, -0.25) is 28.2 Å². The third-order valence-electron chi connectivity index (χ3n) is 22.2. The lowest BCUT2D eigenvalue weighted by molar-refractivity contribution is -0.360. The number of aliphatic hydroxyl groups excluding tert-OH is 9. The van der Waals surface area contributed by atoms with Crippen LogP contribution in [0.25, 0.3) is 0 Å². The Kier molecular flexibility index (Phi) is 64.2. The van der Waals surface area contributed by atoms with E-state index in [1.807, 2.05) is 0 Å². The molecule has 18 atom stereocenters. The van der Waals surface area contributed by atoms with Gasteiger partial charge < -0.3 is 88.7 Å². The maximum Gasteiger partial charge on any atom is 0.472 e. The van der Waals surface area contributed by atoms with Gasteiger partial charge in [0.25, 0.3) is 0 Å². The van der Waals surface area contributed by atoms with Crippen molar-refractivity contribution >= 4 is 31.7 Å². The van der Waals surface area contributed by atoms with Gasteiger partial charge in [0, 0.05) is 25.7 Å². The smallest absolute Gasteiger partial charge is 0.463 e. The summed E-state index contributed by atoms with van der Waals surface area (Å²) < 4.78 is 73.3. The van der Waals surface area contributed by atoms with Crippen LogP contribution in [-0.4, -0.2) is 205 Å². The summed E-state index contributed by atoms with van der Waals surface area (Å²) in [5.74, 6) is -3.01. The number of phosphoric ester groups is 1. The highest BCUT2D eigenvalue weighted by molar-refractivity contribution is 7.47. The topological polar surface area (TPSA) is 380 Å². The maximum absolute atomic E-state index is 14.9. The number of carbonyl (C=O) groups excluding carboxylic acids is 4. The molecule has 682 valence electrons. The van der Waals surface area contributed by atoms with E-state index in [1.165, 1.54) is 109 Å². The molecule has 0 aromatic heterocycles. The summed E-state index contributed by atoms with van der Waals surface area (Å²) in [6, 6.07) is 0. The lowest BCUT2D eigenvalue weighted by atomic mass is 9.84. The normalized spacial score (nSPS) is 25.2. The first-order chi connectivity index (χ1) is 56.7. The van der Waals surface area contributed by atoms with Crippen LogP contribution in [0.3, 0.4) is 0 Å². The molecule has 2 saturated heterocycles. The number of allylic oxidation sites excluding steroid dienone is 8. The van der Waals surface area contributed by atoms with Crippen molar-refractivity contribution in [3.8, 4) is 0 Å². The average molecular weight is 1690 g/mol. The third-order valence-corrected chi connectivity index (χ3v) is 23.2. The summed E-state index contributed by atoms with van der Waals surface area (Å²) in [6.45, 7) is 5.51. The standard InChI is InChI=1S/C91H163O25P/c1-5-9-13-17-21-25-29-33-36-40-44-47-51-55-59-63-74(93)107-68-71(110-76(95)65-61-57-53-49-45-41-37-34-30-26-22-18-14-10-6-2)69-109-117(105,106)116-89-87(114-90-84(103)80(99)78(97)72(67-92)111-90)83(102)82(101)86(113-77(96)66-62-58-54-50-46-42-38-35-31-27-23-19-15-11-7-3)88(89)115-91-85(104)81(100)79(98)73(112-91)70-108-75(94)64-60-56-52-48-43-39-32-28-24-20-16-12-8-4/h25-27,29-31,39,43,71-73,78-92,97-104H,5-24,28,32-38,40-42,44-70H2,1-4H3,(H,105,106)/b29-25-,30-26-,31-27-,43-39-. The van der Waals surface area contributed by atoms with Crippen LogP contribution in [-0.2, 0) is 70.7 Å². The molecule has 0 bridgehead atoms. The Morgan fingerprint density at radius 2 is 0.641 bits per heavy atom. The van der Waals surface area contributed by atoms with Gasteiger partial charge in [-0.1, -0.05) is 269 Å². The molecular weight excluding hydrogens is 1520 g/mol. The zero-order valence-corrected chi connectivity index (χ0v) is 73.4. The minimum absolute atomic E-state index is 0.00875. The number of unbranched alkanes of at least 4 members (excludes halogenated alkanes) is 42. The van der Waals surface area contributed by atoms with Crippen LogP contribution >= 0.6 is 7.82 Å². The van der Waals surface area contributed by atoms with Crippen LogP contribution in [0, 0.1) is 0 Å². The van der Waals surface area contributed by atoms with Gasteiger partial charge in [0.15, 0.2) is 24.8 Å². The van der Waals surface area contributed by atoms with E-state index in [9.17, 15) is 74.6 Å². The van der Waals surface area contributed by atoms with Crippen LogP contribution in [0.4, 0.5) is 0 Å². The highest BCUT2D eigenvalue weighted by atomic mass is 31.2. The second-order valence-corrected chi connectivity index (χ2v) is 34.2. The van der Waals surface area contributed by atoms with E-state index in [0.717, 1.165) is 167 Å². The fraction of sp³-hybridized carbons (Fsp3) is 0.868. The molecular formula is C91H163O25P. The van der Waals surface area contributed by atoms with Crippen molar-refractivity contribution in [2.24, 2.45) is 0 Å². The van der Waals surface area contributed by atoms with Crippen LogP contribution in [0.1, 0.15) is 374 Å². The Labute approximate surface area is 703 Å². The zero-order chi connectivity index (χ0) is 85.4. The van der Waals surface area contributed by atoms with Crippen molar-refractivity contribution in [2.45, 2.75) is 479 Å². The van der Waals surface area contributed by atoms with Crippen molar-refractivity contribution in [2.75, 3.05) is 26.4 Å². The van der Waals surface area contributed by atoms with E-state index in [-0.39, 0.29) is 25.7 Å². The van der Waals surface area contributed by atoms with Crippen molar-refractivity contribution in [1.29, 1.82) is 0 Å². The fourth-order valence-corrected chi connectivity index (χ4v) is 15.8. The highest BCUT2D eigenvalue weighted by Gasteiger charge is 2.60. The number of aliphatic hydroxyl groups is 9. The van der Waals surface area contributed by atoms with E-state index in [0.29, 0.717) is 44.9 Å². The Balaban J connectivity index is 1.93. The van der Waals surface area contributed by atoms with Crippen LogP contribution in [0.5, 0.6) is 0 Å². The Hall–Kier alpha value is -3.57. The second kappa shape index (κ2) is 69.8. The number of rotatable bonds is 74. The summed E-state index contributed by atoms with van der Waals surface area (Å²) in [4.78, 5) is 66.4. The monoisotopic (exact) mass is 1690 g/mol. The van der Waals surface area contributed by atoms with E-state index in [2.05, 4.69) is 76.3 Å². The zero-order valence-electron chi connectivity index (χ0n) is 72.5. The molecule has 3 aliphatic rings. The van der Waals surface area contributed by atoms with Crippen molar-refractivity contribution in [1.82, 2.24) is 0 Å². The molecule has 10 N–H and O–H groups in total. The average Bonchev–Trinajstić information content (AvgIpc) is 0.755. The van der Waals surface area contributed by atoms with Gasteiger partial charge in [0.05, 0.1) is 13.2 Å². The van der Waals surface area contributed by atoms with Crippen molar-refractivity contribution in [3.05, 3.63) is 48.6 Å². The summed E-state index contributed by atoms with van der Waals surface area (Å²) in [7, 11) is -5.81. The first-order valence-electron chi connectivity index (χ1n) is 46.4. The molecule has 3 fully saturated rings. The Bertz CT molecular complexity index is 2630. The summed E-state index contributed by atoms with van der Waals surface area (Å²) in [5.41, 5.74) is 0. The highest BCUT2D eigenvalue weighted by Crippen LogP contribution is 2.49. The van der Waals surface area contributed by atoms with Crippen LogP contribution < -0.4 is 0 Å². The van der Waals surface area contributed by atoms with E-state index < -0.39 is 162 Å². The SMILES string of the molecule is CCCCCC/C=C\CCCCCCCCCC(=O)OCC(COP(=O)(O)OC1C(OC2OC(CO)C(O)C(O)C2O)C(O)C(O)C(OC(=O)CCCCCCCCC/C=C\CCCCCC)C1OC1OC(COC(=O)CCCCC/C=C\CCCCCCCC)C(O)C(O)C1O)OC(=O)CCCCCCCCC/C=C\CCCCCC. The summed E-state index contributed by atoms with van der Waals surface area (Å²) in [6.07, 6.45) is 32.5. The lowest BCUT2D eigenvalue weighted by Crippen LogP contribution is -2.70. The molecule has 26 heteroatoms. The number of phosphoric acid groups is 1. The summed E-state index contributed by atoms with van der Waals surface area (Å²) in [5, 5.41) is 102. The van der Waals surface area contributed by atoms with E-state index >= 15 is 0 Å². The first kappa shape index (κ1) is 108. The van der Waals surface area contributed by atoms with Crippen LogP contribution in [0.2, 0.25) is 0 Å². The van der Waals surface area contributed by atoms with Gasteiger partial charge in [-0.05, 0) is 128 Å². The predicted octanol–water partition coefficient (Wildman–Crippen LogP) is 16.9. The first-order valence-corrected chi connectivity index (χ1v) is 47.9. The number of hydrogen-bond acceptors (Lipinski definition) is 24. The van der Waals surface area contributed by atoms with Gasteiger partial charge in [-0.15, -0.1) is 0 Å². The van der Waals surface area contributed by atoms with Gasteiger partial charge in [-0.2, -0.15) is 0 Å². The van der Waals surface area contributed by atoms with Gasteiger partial charge >= 0.3 is 31.7 Å². The number of esters is 4. The molecule has 2 heterocycles. The lowest BCUT2D eigenvalue weighted by Gasteiger charge is -2.50. The van der Waals surface area contributed by atoms with E-state index in [1.54, 1.807) is 0 Å². The van der Waals surface area contributed by atoms with Gasteiger partial charge in [0.2, 0.25) is 0 Å². The molecule has 117 heavy (non-hydrogen) atoms.